The monoisotopic (exact) mass is 198 g/mol. The van der Waals surface area contributed by atoms with Gasteiger partial charge < -0.3 is 12.9 Å². The molecule has 0 aliphatic carbocycles. The fourth-order valence-electron chi connectivity index (χ4n) is 0.615. The number of halogens is 5. The van der Waals surface area contributed by atoms with Crippen LogP contribution < -0.4 is 5.46 Å². The second kappa shape index (κ2) is 2.93. The van der Waals surface area contributed by atoms with Crippen molar-refractivity contribution >= 4 is 24.0 Å². The van der Waals surface area contributed by atoms with E-state index in [0.717, 1.165) is 0 Å². The molecule has 0 fully saturated rings. The van der Waals surface area contributed by atoms with Crippen LogP contribution in [0.4, 0.5) is 17.3 Å². The maximum Gasteiger partial charge on any atom is 0.511 e. The lowest BCUT2D eigenvalue weighted by molar-refractivity contribution is 0.499. The van der Waals surface area contributed by atoms with Gasteiger partial charge in [0.15, 0.2) is 11.0 Å². The lowest BCUT2D eigenvalue weighted by Gasteiger charge is -2.13. The number of nitrogens with zero attached hydrogens (tertiary/aromatic N) is 1. The van der Waals surface area contributed by atoms with Crippen LogP contribution in [-0.4, -0.2) is 12.0 Å². The zero-order valence-corrected chi connectivity index (χ0v) is 6.33. The van der Waals surface area contributed by atoms with E-state index < -0.39 is 23.4 Å². The molecule has 1 nitrogen and oxygen atoms in total. The summed E-state index contributed by atoms with van der Waals surface area (Å²) in [5, 5.41) is -0.557. The van der Waals surface area contributed by atoms with Crippen LogP contribution in [0.1, 0.15) is 0 Å². The first-order chi connectivity index (χ1) is 5.41. The van der Waals surface area contributed by atoms with Crippen LogP contribution in [0.3, 0.4) is 0 Å². The van der Waals surface area contributed by atoms with Crippen molar-refractivity contribution < 1.29 is 17.3 Å². The molecule has 0 amide bonds. The molecule has 0 unspecified atom stereocenters. The molecule has 0 saturated heterocycles. The Kier molecular flexibility index (Phi) is 2.28. The summed E-state index contributed by atoms with van der Waals surface area (Å²) < 4.78 is 48.2. The van der Waals surface area contributed by atoms with Gasteiger partial charge >= 0.3 is 6.98 Å². The highest BCUT2D eigenvalue weighted by molar-refractivity contribution is 6.73. The minimum atomic E-state index is -5.20. The summed E-state index contributed by atoms with van der Waals surface area (Å²) in [5.41, 5.74) is -1.09. The Hall–Kier alpha value is -0.775. The van der Waals surface area contributed by atoms with Gasteiger partial charge in [0.25, 0.3) is 0 Å². The topological polar surface area (TPSA) is 12.9 Å². The first kappa shape index (κ1) is 9.31. The summed E-state index contributed by atoms with van der Waals surface area (Å²) in [6, 6.07) is 0.329. The maximum absolute atomic E-state index is 12.4. The third kappa shape index (κ3) is 1.88. The van der Waals surface area contributed by atoms with Crippen LogP contribution in [0.5, 0.6) is 0 Å². The normalized spacial score (nSPS) is 11.8. The van der Waals surface area contributed by atoms with Gasteiger partial charge in [0.2, 0.25) is 0 Å². The van der Waals surface area contributed by atoms with Crippen LogP contribution >= 0.6 is 11.6 Å². The first-order valence-electron chi connectivity index (χ1n) is 2.92. The lowest BCUT2D eigenvalue weighted by atomic mass is 9.81. The summed E-state index contributed by atoms with van der Waals surface area (Å²) in [6.07, 6.45) is 0.505. The second-order valence-corrected chi connectivity index (χ2v) is 2.47. The standard InChI is InChI=1S/C5H2BClF4N/c7-5-4(8)1-3(2-12-5)6(9,10)11/h1-2H/q-1. The molecular weight excluding hydrogens is 196 g/mol. The highest BCUT2D eigenvalue weighted by atomic mass is 35.5. The summed E-state index contributed by atoms with van der Waals surface area (Å²) >= 11 is 5.08. The molecule has 66 valence electrons. The Balaban J connectivity index is 3.14. The minimum absolute atomic E-state index is 0.329. The van der Waals surface area contributed by atoms with Crippen molar-refractivity contribution in [2.75, 3.05) is 0 Å². The summed E-state index contributed by atoms with van der Waals surface area (Å²) in [6.45, 7) is -5.20. The Morgan fingerprint density at radius 1 is 1.33 bits per heavy atom. The SMILES string of the molecule is Fc1cc([B-](F)(F)F)cnc1Cl. The Bertz CT molecular complexity index is 300. The predicted octanol–water partition coefficient (Wildman–Crippen LogP) is 1.93. The van der Waals surface area contributed by atoms with E-state index in [9.17, 15) is 17.3 Å². The highest BCUT2D eigenvalue weighted by Crippen LogP contribution is 2.13. The van der Waals surface area contributed by atoms with Crippen molar-refractivity contribution in [1.82, 2.24) is 4.98 Å². The Morgan fingerprint density at radius 2 is 1.92 bits per heavy atom. The molecule has 0 aliphatic heterocycles. The summed E-state index contributed by atoms with van der Waals surface area (Å²) in [7, 11) is 0. The summed E-state index contributed by atoms with van der Waals surface area (Å²) in [4.78, 5) is 3.03. The fraction of sp³-hybridized carbons (Fsp3) is 0. The molecule has 0 atom stereocenters. The lowest BCUT2D eigenvalue weighted by Crippen LogP contribution is -2.34. The number of rotatable bonds is 1. The predicted molar refractivity (Wildman–Crippen MR) is 37.9 cm³/mol. The van der Waals surface area contributed by atoms with Crippen LogP contribution in [0.2, 0.25) is 5.15 Å². The van der Waals surface area contributed by atoms with Crippen LogP contribution in [0.25, 0.3) is 0 Å². The minimum Gasteiger partial charge on any atom is -0.445 e. The van der Waals surface area contributed by atoms with Crippen molar-refractivity contribution in [2.24, 2.45) is 0 Å². The molecule has 0 bridgehead atoms. The average molecular weight is 198 g/mol. The highest BCUT2D eigenvalue weighted by Gasteiger charge is 2.26. The maximum atomic E-state index is 12.4. The van der Waals surface area contributed by atoms with Gasteiger partial charge in [-0.2, -0.15) is 0 Å². The van der Waals surface area contributed by atoms with E-state index in [4.69, 9.17) is 11.6 Å². The van der Waals surface area contributed by atoms with Crippen molar-refractivity contribution in [3.63, 3.8) is 0 Å². The van der Waals surface area contributed by atoms with Gasteiger partial charge in [0.05, 0.1) is 0 Å². The zero-order valence-electron chi connectivity index (χ0n) is 5.57. The van der Waals surface area contributed by atoms with Crippen molar-refractivity contribution in [1.29, 1.82) is 0 Å². The third-order valence-corrected chi connectivity index (χ3v) is 1.47. The van der Waals surface area contributed by atoms with Gasteiger partial charge in [0, 0.05) is 6.20 Å². The molecular formula is C5H2BClF4N-. The summed E-state index contributed by atoms with van der Waals surface area (Å²) in [5.74, 6) is -1.16. The van der Waals surface area contributed by atoms with Crippen molar-refractivity contribution in [2.45, 2.75) is 0 Å². The molecule has 7 heteroatoms. The molecule has 0 spiro atoms. The molecule has 1 rings (SSSR count). The van der Waals surface area contributed by atoms with Crippen molar-refractivity contribution in [3.05, 3.63) is 23.2 Å². The molecule has 0 aromatic carbocycles. The molecule has 1 heterocycles. The second-order valence-electron chi connectivity index (χ2n) is 2.12. The quantitative estimate of drug-likeness (QED) is 0.382. The molecule has 0 N–H and O–H groups in total. The molecule has 0 aliphatic rings. The first-order valence-corrected chi connectivity index (χ1v) is 3.30. The molecule has 0 saturated carbocycles. The van der Waals surface area contributed by atoms with E-state index in [2.05, 4.69) is 4.98 Å². The van der Waals surface area contributed by atoms with Crippen LogP contribution in [-0.2, 0) is 0 Å². The van der Waals surface area contributed by atoms with E-state index in [1.54, 1.807) is 0 Å². The Labute approximate surface area is 70.4 Å². The van der Waals surface area contributed by atoms with Gasteiger partial charge in [0.1, 0.15) is 0 Å². The number of aromatic nitrogens is 1. The van der Waals surface area contributed by atoms with Gasteiger partial charge in [-0.15, -0.1) is 0 Å². The van der Waals surface area contributed by atoms with Gasteiger partial charge in [-0.3, -0.25) is 0 Å². The molecule has 0 radical (unpaired) electrons. The number of hydrogen-bond donors (Lipinski definition) is 0. The number of pyridine rings is 1. The smallest absolute Gasteiger partial charge is 0.445 e. The van der Waals surface area contributed by atoms with E-state index in [1.807, 2.05) is 0 Å². The van der Waals surface area contributed by atoms with Crippen LogP contribution in [0.15, 0.2) is 12.3 Å². The van der Waals surface area contributed by atoms with E-state index in [1.165, 1.54) is 0 Å². The molecule has 12 heavy (non-hydrogen) atoms. The van der Waals surface area contributed by atoms with Gasteiger partial charge in [-0.05, 0) is 6.07 Å². The van der Waals surface area contributed by atoms with Crippen molar-refractivity contribution in [3.8, 4) is 0 Å². The van der Waals surface area contributed by atoms with E-state index in [0.29, 0.717) is 12.3 Å². The van der Waals surface area contributed by atoms with E-state index in [-0.39, 0.29) is 0 Å². The molecule has 1 aromatic heterocycles. The largest absolute Gasteiger partial charge is 0.511 e. The van der Waals surface area contributed by atoms with Crippen LogP contribution in [0, 0.1) is 5.82 Å². The van der Waals surface area contributed by atoms with E-state index >= 15 is 0 Å². The number of hydrogen-bond acceptors (Lipinski definition) is 1. The zero-order chi connectivity index (χ0) is 9.35. The molecule has 1 aromatic rings. The van der Waals surface area contributed by atoms with Gasteiger partial charge in [-0.25, -0.2) is 9.37 Å². The third-order valence-electron chi connectivity index (χ3n) is 1.20. The fourth-order valence-corrected chi connectivity index (χ4v) is 0.718. The van der Waals surface area contributed by atoms with Gasteiger partial charge in [-0.1, -0.05) is 17.1 Å². The average Bonchev–Trinajstić information content (AvgIpc) is 1.92. The Morgan fingerprint density at radius 3 is 2.33 bits per heavy atom.